The van der Waals surface area contributed by atoms with Crippen LogP contribution in [0.25, 0.3) is 0 Å². The standard InChI is InChI=1S/C15H22N2S/c1-10-5-3-7-12(9-10)18-14-11(2)6-4-8-13(14)15(16)17/h4,6,8,10,12H,3,5,7,9H2,1-2H3,(H3,16,17). The number of nitrogens with two attached hydrogens (primary N) is 1. The van der Waals surface area contributed by atoms with Crippen LogP contribution in [0.4, 0.5) is 0 Å². The number of aryl methyl sites for hydroxylation is 1. The van der Waals surface area contributed by atoms with Crippen molar-refractivity contribution in [3.8, 4) is 0 Å². The molecule has 3 heteroatoms. The van der Waals surface area contributed by atoms with E-state index in [-0.39, 0.29) is 5.84 Å². The van der Waals surface area contributed by atoms with Gasteiger partial charge in [0.25, 0.3) is 0 Å². The molecule has 1 fully saturated rings. The van der Waals surface area contributed by atoms with E-state index in [4.69, 9.17) is 11.1 Å². The van der Waals surface area contributed by atoms with E-state index in [0.717, 1.165) is 11.5 Å². The van der Waals surface area contributed by atoms with Gasteiger partial charge in [0.2, 0.25) is 0 Å². The molecule has 0 saturated heterocycles. The number of nitrogens with one attached hydrogen (secondary N) is 1. The van der Waals surface area contributed by atoms with Crippen LogP contribution in [0.2, 0.25) is 0 Å². The highest BCUT2D eigenvalue weighted by Gasteiger charge is 2.21. The molecule has 1 aliphatic carbocycles. The van der Waals surface area contributed by atoms with E-state index >= 15 is 0 Å². The highest BCUT2D eigenvalue weighted by molar-refractivity contribution is 8.00. The van der Waals surface area contributed by atoms with Crippen LogP contribution in [0.15, 0.2) is 23.1 Å². The van der Waals surface area contributed by atoms with Gasteiger partial charge in [-0.3, -0.25) is 5.41 Å². The third-order valence-electron chi connectivity index (χ3n) is 3.67. The first-order chi connectivity index (χ1) is 8.58. The summed E-state index contributed by atoms with van der Waals surface area (Å²) in [7, 11) is 0. The van der Waals surface area contributed by atoms with Crippen molar-refractivity contribution in [2.45, 2.75) is 49.7 Å². The zero-order valence-electron chi connectivity index (χ0n) is 11.2. The van der Waals surface area contributed by atoms with Crippen molar-refractivity contribution < 1.29 is 0 Å². The van der Waals surface area contributed by atoms with Gasteiger partial charge in [-0.15, -0.1) is 11.8 Å². The van der Waals surface area contributed by atoms with Gasteiger partial charge in [0, 0.05) is 15.7 Å². The molecule has 1 aromatic rings. The van der Waals surface area contributed by atoms with Gasteiger partial charge < -0.3 is 5.73 Å². The fourth-order valence-electron chi connectivity index (χ4n) is 2.67. The number of hydrogen-bond donors (Lipinski definition) is 2. The van der Waals surface area contributed by atoms with E-state index < -0.39 is 0 Å². The monoisotopic (exact) mass is 262 g/mol. The van der Waals surface area contributed by atoms with Crippen molar-refractivity contribution in [2.75, 3.05) is 0 Å². The Kier molecular flexibility index (Phi) is 4.33. The van der Waals surface area contributed by atoms with Crippen LogP contribution in [0.3, 0.4) is 0 Å². The number of nitrogen functional groups attached to an aromatic ring is 1. The molecule has 0 amide bonds. The topological polar surface area (TPSA) is 49.9 Å². The summed E-state index contributed by atoms with van der Waals surface area (Å²) in [5.74, 6) is 1.02. The molecule has 98 valence electrons. The molecule has 1 saturated carbocycles. The van der Waals surface area contributed by atoms with Gasteiger partial charge in [-0.2, -0.15) is 0 Å². The minimum absolute atomic E-state index is 0.185. The number of rotatable bonds is 3. The van der Waals surface area contributed by atoms with Gasteiger partial charge in [-0.25, -0.2) is 0 Å². The summed E-state index contributed by atoms with van der Waals surface area (Å²) in [6.45, 7) is 4.46. The van der Waals surface area contributed by atoms with Crippen molar-refractivity contribution in [2.24, 2.45) is 11.7 Å². The zero-order valence-corrected chi connectivity index (χ0v) is 12.0. The van der Waals surface area contributed by atoms with E-state index in [0.29, 0.717) is 5.25 Å². The molecule has 1 aliphatic rings. The number of amidine groups is 1. The van der Waals surface area contributed by atoms with Crippen LogP contribution in [-0.2, 0) is 0 Å². The Morgan fingerprint density at radius 2 is 2.17 bits per heavy atom. The lowest BCUT2D eigenvalue weighted by molar-refractivity contribution is 0.394. The Balaban J connectivity index is 2.20. The van der Waals surface area contributed by atoms with E-state index in [1.165, 1.54) is 36.1 Å². The molecule has 1 aromatic carbocycles. The fraction of sp³-hybridized carbons (Fsp3) is 0.533. The average Bonchev–Trinajstić information content (AvgIpc) is 2.31. The third-order valence-corrected chi connectivity index (χ3v) is 5.21. The Hall–Kier alpha value is -0.960. The van der Waals surface area contributed by atoms with Crippen molar-refractivity contribution in [3.05, 3.63) is 29.3 Å². The fourth-order valence-corrected chi connectivity index (χ4v) is 4.27. The molecule has 0 heterocycles. The third kappa shape index (κ3) is 3.08. The van der Waals surface area contributed by atoms with E-state index in [1.54, 1.807) is 0 Å². The summed E-state index contributed by atoms with van der Waals surface area (Å²) in [5.41, 5.74) is 7.83. The molecule has 0 aromatic heterocycles. The quantitative estimate of drug-likeness (QED) is 0.640. The minimum Gasteiger partial charge on any atom is -0.384 e. The molecule has 0 bridgehead atoms. The summed E-state index contributed by atoms with van der Waals surface area (Å²) in [4.78, 5) is 1.21. The summed E-state index contributed by atoms with van der Waals surface area (Å²) < 4.78 is 0. The van der Waals surface area contributed by atoms with Crippen molar-refractivity contribution in [1.82, 2.24) is 0 Å². The predicted octanol–water partition coefficient (Wildman–Crippen LogP) is 3.95. The first-order valence-corrected chi connectivity index (χ1v) is 7.56. The summed E-state index contributed by atoms with van der Waals surface area (Å²) in [6.07, 6.45) is 5.28. The number of benzene rings is 1. The van der Waals surface area contributed by atoms with Gasteiger partial charge in [-0.05, 0) is 31.2 Å². The normalized spacial score (nSPS) is 23.9. The van der Waals surface area contributed by atoms with Crippen LogP contribution < -0.4 is 5.73 Å². The molecule has 2 atom stereocenters. The molecule has 2 nitrogen and oxygen atoms in total. The molecular weight excluding hydrogens is 240 g/mol. The van der Waals surface area contributed by atoms with Gasteiger partial charge in [0.05, 0.1) is 0 Å². The van der Waals surface area contributed by atoms with Crippen LogP contribution in [-0.4, -0.2) is 11.1 Å². The first kappa shape index (κ1) is 13.5. The second kappa shape index (κ2) is 5.79. The maximum atomic E-state index is 7.69. The van der Waals surface area contributed by atoms with E-state index in [1.807, 2.05) is 23.9 Å². The SMILES string of the molecule is Cc1cccc(C(=N)N)c1SC1CCCC(C)C1. The van der Waals surface area contributed by atoms with E-state index in [2.05, 4.69) is 19.9 Å². The Labute approximate surface area is 114 Å². The molecular formula is C15H22N2S. The van der Waals surface area contributed by atoms with Crippen LogP contribution in [0.5, 0.6) is 0 Å². The lowest BCUT2D eigenvalue weighted by atomic mass is 9.91. The number of hydrogen-bond acceptors (Lipinski definition) is 2. The molecule has 2 unspecified atom stereocenters. The molecule has 2 rings (SSSR count). The molecule has 3 N–H and O–H groups in total. The second-order valence-electron chi connectivity index (χ2n) is 5.38. The Bertz CT molecular complexity index is 442. The Morgan fingerprint density at radius 1 is 1.39 bits per heavy atom. The molecule has 0 spiro atoms. The molecule has 0 aliphatic heterocycles. The van der Waals surface area contributed by atoms with Crippen molar-refractivity contribution in [1.29, 1.82) is 5.41 Å². The minimum atomic E-state index is 0.185. The molecule has 18 heavy (non-hydrogen) atoms. The molecule has 0 radical (unpaired) electrons. The van der Waals surface area contributed by atoms with Gasteiger partial charge in [0.15, 0.2) is 0 Å². The van der Waals surface area contributed by atoms with Crippen LogP contribution >= 0.6 is 11.8 Å². The van der Waals surface area contributed by atoms with Crippen molar-refractivity contribution >= 4 is 17.6 Å². The number of thioether (sulfide) groups is 1. The van der Waals surface area contributed by atoms with Crippen LogP contribution in [0, 0.1) is 18.3 Å². The summed E-state index contributed by atoms with van der Waals surface area (Å²) >= 11 is 1.93. The van der Waals surface area contributed by atoms with Crippen LogP contribution in [0.1, 0.15) is 43.7 Å². The van der Waals surface area contributed by atoms with Crippen molar-refractivity contribution in [3.63, 3.8) is 0 Å². The predicted molar refractivity (Wildman–Crippen MR) is 79.5 cm³/mol. The zero-order chi connectivity index (χ0) is 13.1. The van der Waals surface area contributed by atoms with Gasteiger partial charge in [-0.1, -0.05) is 38.0 Å². The smallest absolute Gasteiger partial charge is 0.123 e. The maximum Gasteiger partial charge on any atom is 0.123 e. The largest absolute Gasteiger partial charge is 0.384 e. The highest BCUT2D eigenvalue weighted by Crippen LogP contribution is 2.38. The van der Waals surface area contributed by atoms with Gasteiger partial charge in [0.1, 0.15) is 5.84 Å². The van der Waals surface area contributed by atoms with Gasteiger partial charge >= 0.3 is 0 Å². The first-order valence-electron chi connectivity index (χ1n) is 6.68. The van der Waals surface area contributed by atoms with E-state index in [9.17, 15) is 0 Å². The highest BCUT2D eigenvalue weighted by atomic mass is 32.2. The Morgan fingerprint density at radius 3 is 2.83 bits per heavy atom. The summed E-state index contributed by atoms with van der Waals surface area (Å²) in [6, 6.07) is 6.06. The second-order valence-corrected chi connectivity index (χ2v) is 6.69. The lowest BCUT2D eigenvalue weighted by Crippen LogP contribution is -2.17. The maximum absolute atomic E-state index is 7.69. The average molecular weight is 262 g/mol. The lowest BCUT2D eigenvalue weighted by Gasteiger charge is -2.27. The summed E-state index contributed by atoms with van der Waals surface area (Å²) in [5, 5.41) is 8.38.